The van der Waals surface area contributed by atoms with Gasteiger partial charge >= 0.3 is 0 Å². The molecule has 12 heavy (non-hydrogen) atoms. The molecule has 2 nitrogen and oxygen atoms in total. The van der Waals surface area contributed by atoms with Crippen LogP contribution in [0, 0.1) is 5.92 Å². The average Bonchev–Trinajstić information content (AvgIpc) is 1.84. The van der Waals surface area contributed by atoms with Crippen molar-refractivity contribution in [3.63, 3.8) is 0 Å². The molecule has 0 aliphatic rings. The van der Waals surface area contributed by atoms with E-state index in [4.69, 9.17) is 0 Å². The molecule has 2 heteroatoms. The van der Waals surface area contributed by atoms with Gasteiger partial charge in [-0.2, -0.15) is 0 Å². The second-order valence-corrected chi connectivity index (χ2v) is 3.52. The smallest absolute Gasteiger partial charge is 0.140 e. The molecule has 0 spiro atoms. The normalized spacial score (nSPS) is 12.6. The monoisotopic (exact) mass is 170 g/mol. The van der Waals surface area contributed by atoms with Crippen molar-refractivity contribution in [2.24, 2.45) is 5.92 Å². The Balaban J connectivity index is 3.61. The van der Waals surface area contributed by atoms with Gasteiger partial charge in [0.2, 0.25) is 0 Å². The van der Waals surface area contributed by atoms with Crippen LogP contribution in [0.1, 0.15) is 46.5 Å². The summed E-state index contributed by atoms with van der Waals surface area (Å²) in [4.78, 5) is 21.7. The van der Waals surface area contributed by atoms with Gasteiger partial charge in [-0.05, 0) is 12.8 Å². The summed E-state index contributed by atoms with van der Waals surface area (Å²) in [6.45, 7) is 5.62. The number of carbonyl (C=O) groups is 2. The maximum atomic E-state index is 11.1. The highest BCUT2D eigenvalue weighted by Crippen LogP contribution is 2.11. The van der Waals surface area contributed by atoms with Crippen molar-refractivity contribution in [1.29, 1.82) is 0 Å². The predicted octanol–water partition coefficient (Wildman–Crippen LogP) is 2.36. The van der Waals surface area contributed by atoms with Crippen LogP contribution in [-0.4, -0.2) is 11.6 Å². The molecule has 70 valence electrons. The third-order valence-corrected chi connectivity index (χ3v) is 1.80. The van der Waals surface area contributed by atoms with Gasteiger partial charge in [-0.1, -0.05) is 26.7 Å². The zero-order valence-corrected chi connectivity index (χ0v) is 8.22. The van der Waals surface area contributed by atoms with Crippen LogP contribution >= 0.6 is 0 Å². The van der Waals surface area contributed by atoms with Crippen molar-refractivity contribution in [3.8, 4) is 0 Å². The molecule has 0 aromatic carbocycles. The van der Waals surface area contributed by atoms with Crippen LogP contribution in [0.15, 0.2) is 0 Å². The molecular weight excluding hydrogens is 152 g/mol. The van der Waals surface area contributed by atoms with Crippen molar-refractivity contribution < 1.29 is 9.59 Å². The van der Waals surface area contributed by atoms with E-state index in [1.165, 1.54) is 6.92 Å². The van der Waals surface area contributed by atoms with Crippen LogP contribution < -0.4 is 0 Å². The lowest BCUT2D eigenvalue weighted by Gasteiger charge is -2.07. The van der Waals surface area contributed by atoms with E-state index in [0.717, 1.165) is 12.8 Å². The zero-order chi connectivity index (χ0) is 9.56. The maximum Gasteiger partial charge on any atom is 0.140 e. The second-order valence-electron chi connectivity index (χ2n) is 3.52. The molecule has 0 aliphatic carbocycles. The summed E-state index contributed by atoms with van der Waals surface area (Å²) in [6, 6.07) is 0. The molecule has 0 amide bonds. The summed E-state index contributed by atoms with van der Waals surface area (Å²) in [5, 5.41) is 0. The first-order chi connectivity index (χ1) is 5.56. The van der Waals surface area contributed by atoms with E-state index in [1.54, 1.807) is 0 Å². The second kappa shape index (κ2) is 5.92. The Kier molecular flexibility index (Phi) is 5.60. The van der Waals surface area contributed by atoms with Crippen molar-refractivity contribution in [3.05, 3.63) is 0 Å². The molecule has 0 heterocycles. The minimum absolute atomic E-state index is 0.0244. The Morgan fingerprint density at radius 3 is 2.33 bits per heavy atom. The molecule has 0 rings (SSSR count). The first kappa shape index (κ1) is 11.3. The Labute approximate surface area is 74.3 Å². The molecular formula is C10H18O2. The molecule has 0 aromatic rings. The summed E-state index contributed by atoms with van der Waals surface area (Å²) in [6.07, 6.45) is 2.86. The first-order valence-corrected chi connectivity index (χ1v) is 4.57. The number of ketones is 2. The van der Waals surface area contributed by atoms with Gasteiger partial charge in [-0.25, -0.2) is 0 Å². The fraction of sp³-hybridized carbons (Fsp3) is 0.800. The van der Waals surface area contributed by atoms with E-state index in [1.807, 2.05) is 0 Å². The molecule has 0 aromatic heterocycles. The number of rotatable bonds is 6. The Morgan fingerprint density at radius 2 is 1.92 bits per heavy atom. The lowest BCUT2D eigenvalue weighted by Crippen LogP contribution is -2.08. The summed E-state index contributed by atoms with van der Waals surface area (Å²) >= 11 is 0. The fourth-order valence-corrected chi connectivity index (χ4v) is 1.33. The number of hydrogen-bond donors (Lipinski definition) is 0. The number of carbonyl (C=O) groups excluding carboxylic acids is 2. The Hall–Kier alpha value is -0.660. The minimum atomic E-state index is -0.0244. The molecule has 0 aliphatic heterocycles. The van der Waals surface area contributed by atoms with Gasteiger partial charge in [0.1, 0.15) is 11.6 Å². The third-order valence-electron chi connectivity index (χ3n) is 1.80. The van der Waals surface area contributed by atoms with Crippen LogP contribution in [0.25, 0.3) is 0 Å². The number of Topliss-reactive ketones (excluding diaryl/α,β-unsaturated/α-hetero) is 2. The molecule has 1 atom stereocenters. The molecule has 0 radical (unpaired) electrons. The number of hydrogen-bond acceptors (Lipinski definition) is 2. The van der Waals surface area contributed by atoms with Gasteiger partial charge in [0.15, 0.2) is 0 Å². The van der Waals surface area contributed by atoms with Gasteiger partial charge in [-0.15, -0.1) is 0 Å². The quantitative estimate of drug-likeness (QED) is 0.573. The summed E-state index contributed by atoms with van der Waals surface area (Å²) in [7, 11) is 0. The van der Waals surface area contributed by atoms with E-state index in [9.17, 15) is 9.59 Å². The predicted molar refractivity (Wildman–Crippen MR) is 49.0 cm³/mol. The first-order valence-electron chi connectivity index (χ1n) is 4.57. The highest BCUT2D eigenvalue weighted by molar-refractivity contribution is 5.97. The molecule has 0 saturated carbocycles. The fourth-order valence-electron chi connectivity index (χ4n) is 1.33. The van der Waals surface area contributed by atoms with Crippen molar-refractivity contribution in [2.75, 3.05) is 0 Å². The van der Waals surface area contributed by atoms with Gasteiger partial charge in [0, 0.05) is 6.42 Å². The van der Waals surface area contributed by atoms with Crippen LogP contribution in [0.4, 0.5) is 0 Å². The summed E-state index contributed by atoms with van der Waals surface area (Å²) in [5.74, 6) is 0.494. The van der Waals surface area contributed by atoms with Crippen LogP contribution in [0.5, 0.6) is 0 Å². The van der Waals surface area contributed by atoms with Gasteiger partial charge in [0.05, 0.1) is 6.42 Å². The Bertz CT molecular complexity index is 161. The SMILES string of the molecule is CCCC(C)CC(=O)CC(C)=O. The summed E-state index contributed by atoms with van der Waals surface area (Å²) < 4.78 is 0. The largest absolute Gasteiger partial charge is 0.300 e. The zero-order valence-electron chi connectivity index (χ0n) is 8.22. The van der Waals surface area contributed by atoms with Crippen molar-refractivity contribution >= 4 is 11.6 Å². The Morgan fingerprint density at radius 1 is 1.33 bits per heavy atom. The minimum Gasteiger partial charge on any atom is -0.300 e. The van der Waals surface area contributed by atoms with Crippen molar-refractivity contribution in [1.82, 2.24) is 0 Å². The highest BCUT2D eigenvalue weighted by atomic mass is 16.1. The lowest BCUT2D eigenvalue weighted by molar-refractivity contribution is -0.126. The van der Waals surface area contributed by atoms with Gasteiger partial charge in [0.25, 0.3) is 0 Å². The van der Waals surface area contributed by atoms with E-state index >= 15 is 0 Å². The average molecular weight is 170 g/mol. The van der Waals surface area contributed by atoms with Gasteiger partial charge in [-0.3, -0.25) is 9.59 Å². The molecule has 0 fully saturated rings. The summed E-state index contributed by atoms with van der Waals surface area (Å²) in [5.41, 5.74) is 0. The third kappa shape index (κ3) is 6.08. The van der Waals surface area contributed by atoms with E-state index in [0.29, 0.717) is 12.3 Å². The molecule has 0 bridgehead atoms. The maximum absolute atomic E-state index is 11.1. The van der Waals surface area contributed by atoms with E-state index in [-0.39, 0.29) is 18.0 Å². The standard InChI is InChI=1S/C10H18O2/c1-4-5-8(2)6-10(12)7-9(3)11/h8H,4-7H2,1-3H3. The van der Waals surface area contributed by atoms with Gasteiger partial charge < -0.3 is 0 Å². The van der Waals surface area contributed by atoms with Crippen molar-refractivity contribution in [2.45, 2.75) is 46.5 Å². The lowest BCUT2D eigenvalue weighted by atomic mass is 9.98. The van der Waals surface area contributed by atoms with Crippen LogP contribution in [0.3, 0.4) is 0 Å². The molecule has 1 unspecified atom stereocenters. The van der Waals surface area contributed by atoms with Crippen LogP contribution in [-0.2, 0) is 9.59 Å². The van der Waals surface area contributed by atoms with E-state index in [2.05, 4.69) is 13.8 Å². The molecule has 0 saturated heterocycles. The molecule has 0 N–H and O–H groups in total. The van der Waals surface area contributed by atoms with Crippen LogP contribution in [0.2, 0.25) is 0 Å². The van der Waals surface area contributed by atoms with E-state index < -0.39 is 0 Å². The highest BCUT2D eigenvalue weighted by Gasteiger charge is 2.09. The topological polar surface area (TPSA) is 34.1 Å².